The van der Waals surface area contributed by atoms with Crippen molar-refractivity contribution in [3.05, 3.63) is 17.0 Å². The molecule has 0 saturated heterocycles. The highest BCUT2D eigenvalue weighted by Gasteiger charge is 2.19. The molecule has 2 rings (SSSR count). The van der Waals surface area contributed by atoms with Crippen molar-refractivity contribution in [2.45, 2.75) is 0 Å². The summed E-state index contributed by atoms with van der Waals surface area (Å²) in [5, 5.41) is 9.72. The van der Waals surface area contributed by atoms with Crippen molar-refractivity contribution in [1.29, 1.82) is 0 Å². The van der Waals surface area contributed by atoms with Crippen LogP contribution in [0.5, 0.6) is 17.2 Å². The molecule has 1 N–H and O–H groups in total. The Morgan fingerprint density at radius 3 is 2.28 bits per heavy atom. The number of carboxylic acids is 1. The minimum atomic E-state index is -0.962. The summed E-state index contributed by atoms with van der Waals surface area (Å²) in [6.07, 6.45) is 0. The number of hydrogen-bond donors (Lipinski definition) is 1. The summed E-state index contributed by atoms with van der Waals surface area (Å²) < 4.78 is 16.5. The molecule has 0 aliphatic heterocycles. The van der Waals surface area contributed by atoms with Gasteiger partial charge in [0.1, 0.15) is 4.88 Å². The van der Waals surface area contributed by atoms with Gasteiger partial charge in [-0.15, -0.1) is 11.3 Å². The van der Waals surface area contributed by atoms with E-state index in [0.717, 1.165) is 4.70 Å². The van der Waals surface area contributed by atoms with E-state index < -0.39 is 5.97 Å². The normalized spacial score (nSPS) is 10.4. The maximum Gasteiger partial charge on any atom is 0.345 e. The van der Waals surface area contributed by atoms with E-state index in [1.807, 2.05) is 0 Å². The average molecular weight is 268 g/mol. The van der Waals surface area contributed by atoms with Gasteiger partial charge in [-0.3, -0.25) is 0 Å². The second kappa shape index (κ2) is 4.73. The van der Waals surface area contributed by atoms with Gasteiger partial charge in [0.2, 0.25) is 5.75 Å². The predicted molar refractivity (Wildman–Crippen MR) is 68.4 cm³/mol. The van der Waals surface area contributed by atoms with Gasteiger partial charge < -0.3 is 19.3 Å². The van der Waals surface area contributed by atoms with E-state index in [9.17, 15) is 4.79 Å². The zero-order valence-electron chi connectivity index (χ0n) is 10.1. The van der Waals surface area contributed by atoms with Gasteiger partial charge >= 0.3 is 5.97 Å². The summed E-state index contributed by atoms with van der Waals surface area (Å²) in [6.45, 7) is 0. The highest BCUT2D eigenvalue weighted by molar-refractivity contribution is 7.20. The zero-order valence-corrected chi connectivity index (χ0v) is 11.0. The molecule has 1 aromatic heterocycles. The Hall–Kier alpha value is -1.95. The standard InChI is InChI=1S/C12H12O5S/c1-15-7-5-8-6(4-9(18-8)12(13)14)10(16-2)11(7)17-3/h4-5H,1-3H3,(H,13,14). The predicted octanol–water partition coefficient (Wildman–Crippen LogP) is 2.63. The van der Waals surface area contributed by atoms with E-state index in [2.05, 4.69) is 0 Å². The monoisotopic (exact) mass is 268 g/mol. The number of carboxylic acid groups (broad SMARTS) is 1. The van der Waals surface area contributed by atoms with E-state index in [4.69, 9.17) is 19.3 Å². The molecular weight excluding hydrogens is 256 g/mol. The molecular formula is C12H12O5S. The number of ether oxygens (including phenoxy) is 3. The second-order valence-electron chi connectivity index (χ2n) is 3.47. The van der Waals surface area contributed by atoms with Gasteiger partial charge in [0.05, 0.1) is 21.3 Å². The first-order chi connectivity index (χ1) is 8.62. The molecule has 5 nitrogen and oxygen atoms in total. The smallest absolute Gasteiger partial charge is 0.345 e. The van der Waals surface area contributed by atoms with Crippen LogP contribution in [-0.4, -0.2) is 32.4 Å². The molecule has 0 unspecified atom stereocenters. The van der Waals surface area contributed by atoms with Crippen LogP contribution in [0, 0.1) is 0 Å². The minimum Gasteiger partial charge on any atom is -0.493 e. The van der Waals surface area contributed by atoms with Gasteiger partial charge in [0, 0.05) is 16.2 Å². The lowest BCUT2D eigenvalue weighted by molar-refractivity contribution is 0.0702. The van der Waals surface area contributed by atoms with E-state index in [-0.39, 0.29) is 4.88 Å². The Morgan fingerprint density at radius 1 is 1.11 bits per heavy atom. The summed E-state index contributed by atoms with van der Waals surface area (Å²) in [5.74, 6) is 0.495. The average Bonchev–Trinajstić information content (AvgIpc) is 2.79. The Kier molecular flexibility index (Phi) is 3.29. The van der Waals surface area contributed by atoms with E-state index in [0.29, 0.717) is 22.6 Å². The van der Waals surface area contributed by atoms with Gasteiger partial charge in [0.15, 0.2) is 11.5 Å². The number of thiophene rings is 1. The van der Waals surface area contributed by atoms with Crippen molar-refractivity contribution in [1.82, 2.24) is 0 Å². The summed E-state index contributed by atoms with van der Waals surface area (Å²) in [4.78, 5) is 11.2. The van der Waals surface area contributed by atoms with Crippen LogP contribution in [0.25, 0.3) is 10.1 Å². The summed E-state index contributed by atoms with van der Waals surface area (Å²) in [5.41, 5.74) is 0. The first kappa shape index (κ1) is 12.5. The van der Waals surface area contributed by atoms with Gasteiger partial charge in [-0.05, 0) is 6.07 Å². The first-order valence-electron chi connectivity index (χ1n) is 5.08. The molecule has 18 heavy (non-hydrogen) atoms. The number of benzene rings is 1. The van der Waals surface area contributed by atoms with Crippen molar-refractivity contribution in [3.8, 4) is 17.2 Å². The Bertz CT molecular complexity index is 602. The molecule has 0 amide bonds. The first-order valence-corrected chi connectivity index (χ1v) is 5.89. The third-order valence-electron chi connectivity index (χ3n) is 2.54. The maximum absolute atomic E-state index is 11.0. The number of hydrogen-bond acceptors (Lipinski definition) is 5. The maximum atomic E-state index is 11.0. The second-order valence-corrected chi connectivity index (χ2v) is 4.56. The van der Waals surface area contributed by atoms with E-state index >= 15 is 0 Å². The molecule has 96 valence electrons. The van der Waals surface area contributed by atoms with E-state index in [1.165, 1.54) is 32.7 Å². The van der Waals surface area contributed by atoms with Crippen LogP contribution >= 0.6 is 11.3 Å². The van der Waals surface area contributed by atoms with Crippen molar-refractivity contribution in [3.63, 3.8) is 0 Å². The Balaban J connectivity index is 2.79. The Morgan fingerprint density at radius 2 is 1.78 bits per heavy atom. The van der Waals surface area contributed by atoms with Crippen LogP contribution in [-0.2, 0) is 0 Å². The third-order valence-corrected chi connectivity index (χ3v) is 3.61. The molecule has 0 saturated carbocycles. The van der Waals surface area contributed by atoms with Gasteiger partial charge in [0.25, 0.3) is 0 Å². The lowest BCUT2D eigenvalue weighted by Gasteiger charge is -2.12. The number of rotatable bonds is 4. The highest BCUT2D eigenvalue weighted by Crippen LogP contribution is 2.45. The molecule has 0 aliphatic carbocycles. The molecule has 0 bridgehead atoms. The number of aromatic carboxylic acids is 1. The zero-order chi connectivity index (χ0) is 13.3. The van der Waals surface area contributed by atoms with Crippen molar-refractivity contribution >= 4 is 27.4 Å². The van der Waals surface area contributed by atoms with Gasteiger partial charge in [-0.1, -0.05) is 0 Å². The molecule has 0 aliphatic rings. The van der Waals surface area contributed by atoms with Crippen LogP contribution in [0.2, 0.25) is 0 Å². The molecule has 0 radical (unpaired) electrons. The van der Waals surface area contributed by atoms with E-state index in [1.54, 1.807) is 12.1 Å². The SMILES string of the molecule is COc1cc2sc(C(=O)O)cc2c(OC)c1OC. The number of fused-ring (bicyclic) bond motifs is 1. The lowest BCUT2D eigenvalue weighted by atomic mass is 10.2. The van der Waals surface area contributed by atoms with Gasteiger partial charge in [-0.25, -0.2) is 4.79 Å². The molecule has 0 atom stereocenters. The number of carbonyl (C=O) groups is 1. The highest BCUT2D eigenvalue weighted by atomic mass is 32.1. The number of methoxy groups -OCH3 is 3. The molecule has 0 spiro atoms. The van der Waals surface area contributed by atoms with Crippen LogP contribution in [0.1, 0.15) is 9.67 Å². The topological polar surface area (TPSA) is 65.0 Å². The summed E-state index contributed by atoms with van der Waals surface area (Å²) in [6, 6.07) is 3.32. The molecule has 1 aromatic carbocycles. The largest absolute Gasteiger partial charge is 0.493 e. The van der Waals surface area contributed by atoms with Crippen molar-refractivity contribution in [2.75, 3.05) is 21.3 Å². The molecule has 1 heterocycles. The van der Waals surface area contributed by atoms with Gasteiger partial charge in [-0.2, -0.15) is 0 Å². The quantitative estimate of drug-likeness (QED) is 0.923. The van der Waals surface area contributed by atoms with Crippen LogP contribution < -0.4 is 14.2 Å². The third kappa shape index (κ3) is 1.84. The Labute approximate surface area is 108 Å². The van der Waals surface area contributed by atoms with Crippen LogP contribution in [0.4, 0.5) is 0 Å². The summed E-state index contributed by atoms with van der Waals surface area (Å²) >= 11 is 1.17. The fourth-order valence-corrected chi connectivity index (χ4v) is 2.69. The van der Waals surface area contributed by atoms with Crippen molar-refractivity contribution in [2.24, 2.45) is 0 Å². The minimum absolute atomic E-state index is 0.249. The lowest BCUT2D eigenvalue weighted by Crippen LogP contribution is -1.94. The molecule has 2 aromatic rings. The summed E-state index contributed by atoms with van der Waals surface area (Å²) in [7, 11) is 4.54. The van der Waals surface area contributed by atoms with Crippen LogP contribution in [0.15, 0.2) is 12.1 Å². The molecule has 6 heteroatoms. The van der Waals surface area contributed by atoms with Crippen LogP contribution in [0.3, 0.4) is 0 Å². The van der Waals surface area contributed by atoms with Crippen molar-refractivity contribution < 1.29 is 24.1 Å². The molecule has 0 fully saturated rings. The fourth-order valence-electron chi connectivity index (χ4n) is 1.76. The fraction of sp³-hybridized carbons (Fsp3) is 0.250.